The number of alkyl halides is 4. The number of rotatable bonds is 8. The molecule has 3 unspecified atom stereocenters. The minimum Gasteiger partial charge on any atom is -0.461 e. The predicted molar refractivity (Wildman–Crippen MR) is 195 cm³/mol. The zero-order chi connectivity index (χ0) is 39.0. The molecular weight excluding hydrogens is 769 g/mol. The number of nitrogens with two attached hydrogens (primary N) is 1. The molecular formula is C36H33F6N9O2S2. The highest BCUT2D eigenvalue weighted by Crippen LogP contribution is 2.48. The maximum Gasteiger partial charge on any atom is 0.417 e. The average molecular weight is 802 g/mol. The zero-order valence-corrected chi connectivity index (χ0v) is 31.1. The molecule has 19 heteroatoms. The van der Waals surface area contributed by atoms with E-state index in [1.165, 1.54) is 0 Å². The first-order valence-corrected chi connectivity index (χ1v) is 19.2. The molecule has 3 aliphatic heterocycles. The molecule has 55 heavy (non-hydrogen) atoms. The SMILES string of the molecule is CCN(c1nc(OCC23CCCN2CC(F)C3)nc2c(F)c(-c3ccc(F)c4sc(N)c(C#N)c34)c(C(F)(F)F)cc12)C1CCN(C(=O)c2nc(C)ns2)C1. The molecule has 0 saturated carbocycles. The number of thiophene rings is 1. The molecule has 3 fully saturated rings. The van der Waals surface area contributed by atoms with Crippen molar-refractivity contribution in [2.24, 2.45) is 0 Å². The number of amides is 1. The third-order valence-corrected chi connectivity index (χ3v) is 12.7. The number of anilines is 2. The third-order valence-electron chi connectivity index (χ3n) is 10.8. The van der Waals surface area contributed by atoms with Crippen molar-refractivity contribution in [1.29, 1.82) is 5.26 Å². The molecule has 0 bridgehead atoms. The van der Waals surface area contributed by atoms with Gasteiger partial charge in [-0.1, -0.05) is 6.07 Å². The topological polar surface area (TPSA) is 137 Å². The van der Waals surface area contributed by atoms with E-state index in [1.807, 2.05) is 11.0 Å². The van der Waals surface area contributed by atoms with Crippen LogP contribution in [-0.2, 0) is 6.18 Å². The van der Waals surface area contributed by atoms with Crippen LogP contribution in [0.1, 0.15) is 59.4 Å². The highest BCUT2D eigenvalue weighted by Gasteiger charge is 2.49. The average Bonchev–Trinajstić information content (AvgIpc) is 3.97. The van der Waals surface area contributed by atoms with Crippen molar-refractivity contribution in [2.45, 2.75) is 63.5 Å². The van der Waals surface area contributed by atoms with Crippen molar-refractivity contribution in [3.63, 3.8) is 0 Å². The van der Waals surface area contributed by atoms with Gasteiger partial charge in [-0.15, -0.1) is 11.3 Å². The first-order chi connectivity index (χ1) is 26.2. The normalized spacial score (nSPS) is 21.5. The van der Waals surface area contributed by atoms with Crippen LogP contribution in [0.25, 0.3) is 32.1 Å². The Kier molecular flexibility index (Phi) is 9.28. The Labute approximate surface area is 318 Å². The number of aryl methyl sites for hydroxylation is 1. The number of nitriles is 1. The number of likely N-dealkylation sites (tertiary alicyclic amines) is 1. The smallest absolute Gasteiger partial charge is 0.417 e. The molecule has 3 atom stereocenters. The molecule has 6 heterocycles. The summed E-state index contributed by atoms with van der Waals surface area (Å²) in [5, 5.41) is 9.43. The fourth-order valence-electron chi connectivity index (χ4n) is 8.40. The highest BCUT2D eigenvalue weighted by atomic mass is 32.1. The summed E-state index contributed by atoms with van der Waals surface area (Å²) in [7, 11) is 0. The molecule has 0 radical (unpaired) electrons. The number of fused-ring (bicyclic) bond motifs is 3. The summed E-state index contributed by atoms with van der Waals surface area (Å²) in [6.07, 6.45) is -4.12. The molecule has 0 spiro atoms. The first kappa shape index (κ1) is 37.1. The lowest BCUT2D eigenvalue weighted by atomic mass is 9.92. The summed E-state index contributed by atoms with van der Waals surface area (Å²) < 4.78 is 102. The van der Waals surface area contributed by atoms with Crippen LogP contribution >= 0.6 is 22.9 Å². The molecule has 11 nitrogen and oxygen atoms in total. The van der Waals surface area contributed by atoms with Crippen molar-refractivity contribution in [3.8, 4) is 23.2 Å². The van der Waals surface area contributed by atoms with Gasteiger partial charge in [-0.2, -0.15) is 32.8 Å². The predicted octanol–water partition coefficient (Wildman–Crippen LogP) is 7.12. The second-order valence-corrected chi connectivity index (χ2v) is 15.9. The lowest BCUT2D eigenvalue weighted by Crippen LogP contribution is -2.43. The lowest BCUT2D eigenvalue weighted by Gasteiger charge is -2.32. The molecule has 3 aromatic heterocycles. The number of benzene rings is 2. The van der Waals surface area contributed by atoms with Gasteiger partial charge in [0, 0.05) is 55.0 Å². The minimum atomic E-state index is -5.14. The fraction of sp³-hybridized carbons (Fsp3) is 0.444. The van der Waals surface area contributed by atoms with E-state index >= 15 is 22.0 Å². The summed E-state index contributed by atoms with van der Waals surface area (Å²) >= 11 is 1.64. The summed E-state index contributed by atoms with van der Waals surface area (Å²) in [5.41, 5.74) is 1.82. The number of hydrogen-bond donors (Lipinski definition) is 1. The Morgan fingerprint density at radius 1 is 1.20 bits per heavy atom. The Bertz CT molecular complexity index is 2400. The molecule has 0 aliphatic carbocycles. The molecule has 3 saturated heterocycles. The summed E-state index contributed by atoms with van der Waals surface area (Å²) in [6, 6.07) is 3.70. The van der Waals surface area contributed by atoms with Crippen LogP contribution in [0, 0.1) is 29.9 Å². The molecule has 2 aromatic carbocycles. The van der Waals surface area contributed by atoms with Gasteiger partial charge in [-0.25, -0.2) is 18.2 Å². The molecule has 2 N–H and O–H groups in total. The maximum absolute atomic E-state index is 17.3. The standard InChI is InChI=1S/C36H33F6N9O2S2/c1-3-51(19-7-10-49(15-19)33(52)32-45-17(2)48-55-32)31-21-11-23(36(40,41)42)26(20-5-6-24(38)29-25(20)22(13-43)30(44)54-29)27(39)28(21)46-34(47-31)53-16-35-8-4-9-50(35)14-18(37)12-35/h5-6,11,18-19H,3-4,7-10,12,14-16,44H2,1-2H3. The zero-order valence-electron chi connectivity index (χ0n) is 29.5. The van der Waals surface area contributed by atoms with Gasteiger partial charge < -0.3 is 20.3 Å². The van der Waals surface area contributed by atoms with Gasteiger partial charge in [-0.05, 0) is 68.9 Å². The van der Waals surface area contributed by atoms with E-state index in [2.05, 4.69) is 19.3 Å². The quantitative estimate of drug-likeness (QED) is 0.162. The molecule has 8 rings (SSSR count). The van der Waals surface area contributed by atoms with Gasteiger partial charge in [0.2, 0.25) is 5.01 Å². The molecule has 3 aliphatic rings. The van der Waals surface area contributed by atoms with Gasteiger partial charge in [-0.3, -0.25) is 9.69 Å². The minimum absolute atomic E-state index is 0.0368. The van der Waals surface area contributed by atoms with Crippen LogP contribution in [-0.4, -0.2) is 92.1 Å². The van der Waals surface area contributed by atoms with Crippen LogP contribution in [0.2, 0.25) is 0 Å². The largest absolute Gasteiger partial charge is 0.461 e. The second kappa shape index (κ2) is 13.7. The monoisotopic (exact) mass is 801 g/mol. The van der Waals surface area contributed by atoms with Crippen molar-refractivity contribution < 1.29 is 35.9 Å². The fourth-order valence-corrected chi connectivity index (χ4v) is 9.99. The van der Waals surface area contributed by atoms with Crippen LogP contribution < -0.4 is 15.4 Å². The molecule has 288 valence electrons. The highest BCUT2D eigenvalue weighted by molar-refractivity contribution is 7.23. The number of halogens is 6. The molecule has 1 amide bonds. The van der Waals surface area contributed by atoms with Gasteiger partial charge in [0.05, 0.1) is 21.4 Å². The van der Waals surface area contributed by atoms with Crippen LogP contribution in [0.15, 0.2) is 18.2 Å². The number of nitrogens with zero attached hydrogens (tertiary/aromatic N) is 8. The van der Waals surface area contributed by atoms with Gasteiger partial charge >= 0.3 is 12.2 Å². The van der Waals surface area contributed by atoms with E-state index in [0.29, 0.717) is 43.1 Å². The van der Waals surface area contributed by atoms with Gasteiger partial charge in [0.25, 0.3) is 5.91 Å². The second-order valence-electron chi connectivity index (χ2n) is 14.1. The molecule has 5 aromatic rings. The van der Waals surface area contributed by atoms with Crippen molar-refractivity contribution in [1.82, 2.24) is 29.1 Å². The third kappa shape index (κ3) is 6.27. The Hall–Kier alpha value is -4.80. The number of aromatic nitrogens is 4. The first-order valence-electron chi connectivity index (χ1n) is 17.6. The van der Waals surface area contributed by atoms with E-state index < -0.39 is 52.2 Å². The number of likely N-dealkylation sites (N-methyl/N-ethyl adjacent to an activating group) is 1. The number of carbonyl (C=O) groups is 1. The van der Waals surface area contributed by atoms with E-state index in [1.54, 1.807) is 23.6 Å². The van der Waals surface area contributed by atoms with Crippen molar-refractivity contribution >= 4 is 60.6 Å². The van der Waals surface area contributed by atoms with Crippen LogP contribution in [0.3, 0.4) is 0 Å². The number of hydrogen-bond acceptors (Lipinski definition) is 12. The van der Waals surface area contributed by atoms with E-state index in [-0.39, 0.29) is 87.0 Å². The Morgan fingerprint density at radius 3 is 2.71 bits per heavy atom. The van der Waals surface area contributed by atoms with Crippen molar-refractivity contribution in [3.05, 3.63) is 51.8 Å². The van der Waals surface area contributed by atoms with Gasteiger partial charge in [0.1, 0.15) is 46.8 Å². The Balaban J connectivity index is 1.30. The van der Waals surface area contributed by atoms with Crippen molar-refractivity contribution in [2.75, 3.05) is 50.0 Å². The van der Waals surface area contributed by atoms with E-state index in [4.69, 9.17) is 10.5 Å². The summed E-state index contributed by atoms with van der Waals surface area (Å²) in [6.45, 7) is 4.98. The summed E-state index contributed by atoms with van der Waals surface area (Å²) in [5.74, 6) is -2.17. The van der Waals surface area contributed by atoms with Gasteiger partial charge in [0.15, 0.2) is 5.82 Å². The number of nitrogen functional groups attached to an aromatic ring is 1. The lowest BCUT2D eigenvalue weighted by molar-refractivity contribution is -0.137. The maximum atomic E-state index is 17.3. The summed E-state index contributed by atoms with van der Waals surface area (Å²) in [4.78, 5) is 31.7. The Morgan fingerprint density at radius 2 is 2.00 bits per heavy atom. The van der Waals surface area contributed by atoms with Crippen LogP contribution in [0.4, 0.5) is 37.2 Å². The van der Waals surface area contributed by atoms with E-state index in [9.17, 15) is 14.4 Å². The number of ether oxygens (including phenoxy) is 1. The van der Waals surface area contributed by atoms with Crippen LogP contribution in [0.5, 0.6) is 6.01 Å². The van der Waals surface area contributed by atoms with E-state index in [0.717, 1.165) is 36.2 Å². The number of carbonyl (C=O) groups excluding carboxylic acids is 1.